The molecule has 27 heavy (non-hydrogen) atoms. The zero-order valence-electron chi connectivity index (χ0n) is 17.4. The molecule has 0 N–H and O–H groups in total. The summed E-state index contributed by atoms with van der Waals surface area (Å²) in [5.74, 6) is -0.204. The van der Waals surface area contributed by atoms with Crippen LogP contribution in [0.25, 0.3) is 0 Å². The summed E-state index contributed by atoms with van der Waals surface area (Å²) in [5, 5.41) is 0.757. The Morgan fingerprint density at radius 1 is 1.15 bits per heavy atom. The summed E-state index contributed by atoms with van der Waals surface area (Å²) in [6, 6.07) is 0.195. The Morgan fingerprint density at radius 2 is 1.81 bits per heavy atom. The maximum atomic E-state index is 12.3. The highest BCUT2D eigenvalue weighted by Gasteiger charge is 2.40. The normalized spacial score (nSPS) is 21.0. The van der Waals surface area contributed by atoms with Crippen LogP contribution in [0.5, 0.6) is 0 Å². The number of carbonyl (C=O) groups excluding carboxylic acids is 2. The van der Waals surface area contributed by atoms with Crippen molar-refractivity contribution in [3.8, 4) is 0 Å². The van der Waals surface area contributed by atoms with Crippen LogP contribution in [-0.2, 0) is 14.3 Å². The van der Waals surface area contributed by atoms with E-state index in [1.165, 1.54) is 0 Å². The lowest BCUT2D eigenvalue weighted by Gasteiger charge is -2.50. The second-order valence-electron chi connectivity index (χ2n) is 8.87. The highest BCUT2D eigenvalue weighted by atomic mass is 32.1. The van der Waals surface area contributed by atoms with Gasteiger partial charge in [0.25, 0.3) is 0 Å². The molecule has 7 nitrogen and oxygen atoms in total. The zero-order chi connectivity index (χ0) is 20.4. The van der Waals surface area contributed by atoms with Crippen LogP contribution in [0.4, 0.5) is 4.79 Å². The third-order valence-electron chi connectivity index (χ3n) is 4.80. The summed E-state index contributed by atoms with van der Waals surface area (Å²) in [4.78, 5) is 30.6. The predicted molar refractivity (Wildman–Crippen MR) is 108 cm³/mol. The van der Waals surface area contributed by atoms with E-state index in [0.717, 1.165) is 18.1 Å². The summed E-state index contributed by atoms with van der Waals surface area (Å²) < 4.78 is 10.7. The summed E-state index contributed by atoms with van der Waals surface area (Å²) in [6.07, 6.45) is 0.622. The van der Waals surface area contributed by atoms with Crippen molar-refractivity contribution < 1.29 is 19.1 Å². The Bertz CT molecular complexity index is 588. The SMILES string of the molecule is CCOC(=O)C(C)(C)CN1CC[C@H]2CN(C(=O)OC(C)(C)C)CCN2C1=S. The fourth-order valence-corrected chi connectivity index (χ4v) is 3.84. The third kappa shape index (κ3) is 5.46. The number of carbonyl (C=O) groups is 2. The minimum Gasteiger partial charge on any atom is -0.466 e. The van der Waals surface area contributed by atoms with Crippen LogP contribution in [0.2, 0.25) is 0 Å². The van der Waals surface area contributed by atoms with E-state index >= 15 is 0 Å². The lowest BCUT2D eigenvalue weighted by atomic mass is 9.92. The molecule has 1 atom stereocenters. The van der Waals surface area contributed by atoms with Crippen molar-refractivity contribution in [1.82, 2.24) is 14.7 Å². The lowest BCUT2D eigenvalue weighted by molar-refractivity contribution is -0.154. The van der Waals surface area contributed by atoms with Crippen molar-refractivity contribution in [2.24, 2.45) is 5.41 Å². The molecule has 0 saturated carbocycles. The van der Waals surface area contributed by atoms with Gasteiger partial charge in [0, 0.05) is 32.7 Å². The highest BCUT2D eigenvalue weighted by Crippen LogP contribution is 2.26. The molecule has 8 heteroatoms. The van der Waals surface area contributed by atoms with Crippen LogP contribution in [0.3, 0.4) is 0 Å². The highest BCUT2D eigenvalue weighted by molar-refractivity contribution is 7.80. The Kier molecular flexibility index (Phi) is 6.60. The van der Waals surface area contributed by atoms with Gasteiger partial charge in [0.1, 0.15) is 5.60 Å². The maximum absolute atomic E-state index is 12.3. The van der Waals surface area contributed by atoms with E-state index in [1.54, 1.807) is 4.90 Å². The van der Waals surface area contributed by atoms with Crippen LogP contribution in [0, 0.1) is 5.41 Å². The van der Waals surface area contributed by atoms with Gasteiger partial charge in [-0.3, -0.25) is 4.79 Å². The second-order valence-corrected chi connectivity index (χ2v) is 9.24. The number of nitrogens with zero attached hydrogens (tertiary/aromatic N) is 3. The molecule has 154 valence electrons. The number of thiocarbonyl (C=S) groups is 1. The lowest BCUT2D eigenvalue weighted by Crippen LogP contribution is -2.64. The largest absolute Gasteiger partial charge is 0.466 e. The number of rotatable bonds is 4. The van der Waals surface area contributed by atoms with E-state index in [4.69, 9.17) is 21.7 Å². The molecule has 2 aliphatic rings. The zero-order valence-corrected chi connectivity index (χ0v) is 18.2. The first-order valence-corrected chi connectivity index (χ1v) is 10.1. The number of fused-ring (bicyclic) bond motifs is 1. The van der Waals surface area contributed by atoms with Gasteiger partial charge in [-0.15, -0.1) is 0 Å². The van der Waals surface area contributed by atoms with Crippen LogP contribution in [0.1, 0.15) is 48.0 Å². The van der Waals surface area contributed by atoms with Crippen LogP contribution in [-0.4, -0.2) is 82.8 Å². The minimum absolute atomic E-state index is 0.195. The first-order valence-electron chi connectivity index (χ1n) is 9.65. The van der Waals surface area contributed by atoms with E-state index in [1.807, 2.05) is 41.5 Å². The maximum Gasteiger partial charge on any atom is 0.410 e. The fourth-order valence-electron chi connectivity index (χ4n) is 3.44. The van der Waals surface area contributed by atoms with Gasteiger partial charge in [-0.05, 0) is 60.2 Å². The van der Waals surface area contributed by atoms with Crippen molar-refractivity contribution in [2.45, 2.75) is 59.6 Å². The first-order chi connectivity index (χ1) is 12.4. The van der Waals surface area contributed by atoms with Crippen molar-refractivity contribution in [1.29, 1.82) is 0 Å². The van der Waals surface area contributed by atoms with Crippen LogP contribution < -0.4 is 0 Å². The van der Waals surface area contributed by atoms with E-state index in [0.29, 0.717) is 32.8 Å². The number of esters is 1. The molecule has 2 saturated heterocycles. The van der Waals surface area contributed by atoms with Gasteiger partial charge in [-0.1, -0.05) is 0 Å². The third-order valence-corrected chi connectivity index (χ3v) is 5.29. The smallest absolute Gasteiger partial charge is 0.410 e. The van der Waals surface area contributed by atoms with Crippen molar-refractivity contribution in [2.75, 3.05) is 39.3 Å². The first kappa shape index (κ1) is 21.7. The summed E-state index contributed by atoms with van der Waals surface area (Å²) in [6.45, 7) is 14.8. The average Bonchev–Trinajstić information content (AvgIpc) is 2.55. The van der Waals surface area contributed by atoms with E-state index in [9.17, 15) is 9.59 Å². The number of amides is 1. The van der Waals surface area contributed by atoms with Crippen molar-refractivity contribution in [3.63, 3.8) is 0 Å². The topological polar surface area (TPSA) is 62.3 Å². The molecule has 0 aromatic rings. The van der Waals surface area contributed by atoms with Gasteiger partial charge in [-0.2, -0.15) is 0 Å². The molecule has 0 bridgehead atoms. The molecule has 0 spiro atoms. The molecule has 0 radical (unpaired) electrons. The van der Waals surface area contributed by atoms with Gasteiger partial charge in [0.05, 0.1) is 18.1 Å². The number of piperazine rings is 1. The van der Waals surface area contributed by atoms with Crippen molar-refractivity contribution in [3.05, 3.63) is 0 Å². The summed E-state index contributed by atoms with van der Waals surface area (Å²) in [5.41, 5.74) is -1.11. The molecule has 1 amide bonds. The van der Waals surface area contributed by atoms with Gasteiger partial charge in [0.15, 0.2) is 5.11 Å². The Balaban J connectivity index is 1.96. The van der Waals surface area contributed by atoms with Crippen molar-refractivity contribution >= 4 is 29.4 Å². The molecule has 2 rings (SSSR count). The Hall–Kier alpha value is -1.57. The standard InChI is InChI=1S/C19H33N3O4S/c1-7-25-15(23)19(5,6)13-21-9-8-14-12-20(10-11-22(14)16(21)27)17(24)26-18(2,3)4/h14H,7-13H2,1-6H3/t14-/m0/s1. The molecule has 2 heterocycles. The molecular formula is C19H33N3O4S. The summed E-state index contributed by atoms with van der Waals surface area (Å²) >= 11 is 5.70. The molecule has 2 aliphatic heterocycles. The molecule has 0 aromatic heterocycles. The average molecular weight is 400 g/mol. The van der Waals surface area contributed by atoms with Gasteiger partial charge in [-0.25, -0.2) is 4.79 Å². The molecule has 0 aromatic carbocycles. The fraction of sp³-hybridized carbons (Fsp3) is 0.842. The monoisotopic (exact) mass is 399 g/mol. The van der Waals surface area contributed by atoms with Gasteiger partial charge >= 0.3 is 12.1 Å². The Labute approximate surface area is 167 Å². The van der Waals surface area contributed by atoms with Gasteiger partial charge < -0.3 is 24.2 Å². The molecular weight excluding hydrogens is 366 g/mol. The predicted octanol–water partition coefficient (Wildman–Crippen LogP) is 2.49. The number of hydrogen-bond donors (Lipinski definition) is 0. The van der Waals surface area contributed by atoms with Gasteiger partial charge in [0.2, 0.25) is 0 Å². The minimum atomic E-state index is -0.620. The molecule has 0 aliphatic carbocycles. The summed E-state index contributed by atoms with van der Waals surface area (Å²) in [7, 11) is 0. The Morgan fingerprint density at radius 3 is 2.41 bits per heavy atom. The molecule has 2 fully saturated rings. The second kappa shape index (κ2) is 8.20. The van der Waals surface area contributed by atoms with E-state index in [2.05, 4.69) is 9.80 Å². The van der Waals surface area contributed by atoms with E-state index < -0.39 is 11.0 Å². The van der Waals surface area contributed by atoms with Crippen LogP contribution in [0.15, 0.2) is 0 Å². The number of ether oxygens (including phenoxy) is 2. The van der Waals surface area contributed by atoms with Crippen LogP contribution >= 0.6 is 12.2 Å². The quantitative estimate of drug-likeness (QED) is 0.532. The van der Waals surface area contributed by atoms with E-state index in [-0.39, 0.29) is 18.1 Å². The number of hydrogen-bond acceptors (Lipinski definition) is 5. The molecule has 0 unspecified atom stereocenters.